The van der Waals surface area contributed by atoms with Gasteiger partial charge < -0.3 is 5.32 Å². The van der Waals surface area contributed by atoms with E-state index in [9.17, 15) is 9.59 Å². The number of rotatable bonds is 4. The van der Waals surface area contributed by atoms with E-state index in [0.717, 1.165) is 15.8 Å². The van der Waals surface area contributed by atoms with Crippen molar-refractivity contribution in [1.29, 1.82) is 0 Å². The maximum Gasteiger partial charge on any atom is 0.267 e. The molecule has 0 atom stereocenters. The van der Waals surface area contributed by atoms with Crippen LogP contribution in [0.25, 0.3) is 11.3 Å². The number of aryl methyl sites for hydroxylation is 1. The minimum absolute atomic E-state index is 0.220. The second-order valence-corrected chi connectivity index (χ2v) is 6.66. The molecule has 0 aliphatic carbocycles. The fraction of sp³-hybridized carbons (Fsp3) is 0.105. The highest BCUT2D eigenvalue weighted by Crippen LogP contribution is 2.22. The molecule has 1 N–H and O–H groups in total. The minimum atomic E-state index is -0.404. The third-order valence-electron chi connectivity index (χ3n) is 3.65. The molecule has 1 aromatic heterocycles. The molecule has 0 unspecified atom stereocenters. The zero-order valence-electron chi connectivity index (χ0n) is 13.9. The fourth-order valence-electron chi connectivity index (χ4n) is 2.40. The minimum Gasteiger partial charge on any atom is -0.324 e. The Kier molecular flexibility index (Phi) is 5.40. The van der Waals surface area contributed by atoms with Gasteiger partial charge in [-0.15, -0.1) is 0 Å². The number of nitrogens with one attached hydrogen (secondary N) is 1. The van der Waals surface area contributed by atoms with E-state index in [1.165, 1.54) is 6.07 Å². The number of aromatic nitrogens is 2. The summed E-state index contributed by atoms with van der Waals surface area (Å²) in [6.07, 6.45) is 0. The molecule has 7 heteroatoms. The number of benzene rings is 2. The van der Waals surface area contributed by atoms with E-state index >= 15 is 0 Å². The van der Waals surface area contributed by atoms with Crippen molar-refractivity contribution in [2.75, 3.05) is 5.32 Å². The Bertz CT molecular complexity index is 994. The standard InChI is InChI=1S/C19H15Cl2N3O2/c1-12-2-4-13(5-3-12)17-6-7-19(26)24(23-17)11-18(25)22-16-9-14(20)8-15(21)10-16/h2-10H,11H2,1H3,(H,22,25). The van der Waals surface area contributed by atoms with Crippen molar-refractivity contribution in [3.8, 4) is 11.3 Å². The van der Waals surface area contributed by atoms with Crippen LogP contribution in [0.3, 0.4) is 0 Å². The van der Waals surface area contributed by atoms with Crippen LogP contribution in [-0.4, -0.2) is 15.7 Å². The first-order valence-electron chi connectivity index (χ1n) is 7.82. The first-order valence-corrected chi connectivity index (χ1v) is 8.57. The molecule has 2 aromatic carbocycles. The van der Waals surface area contributed by atoms with E-state index < -0.39 is 5.91 Å². The molecule has 132 valence electrons. The Morgan fingerprint density at radius 1 is 1.04 bits per heavy atom. The maximum absolute atomic E-state index is 12.3. The molecule has 0 aliphatic heterocycles. The maximum atomic E-state index is 12.3. The zero-order valence-corrected chi connectivity index (χ0v) is 15.4. The van der Waals surface area contributed by atoms with Crippen molar-refractivity contribution < 1.29 is 4.79 Å². The average Bonchev–Trinajstić information content (AvgIpc) is 2.56. The highest BCUT2D eigenvalue weighted by Gasteiger charge is 2.09. The Hall–Kier alpha value is -2.63. The summed E-state index contributed by atoms with van der Waals surface area (Å²) in [7, 11) is 0. The fourth-order valence-corrected chi connectivity index (χ4v) is 2.93. The Balaban J connectivity index is 1.80. The van der Waals surface area contributed by atoms with E-state index in [1.54, 1.807) is 24.3 Å². The summed E-state index contributed by atoms with van der Waals surface area (Å²) >= 11 is 11.8. The highest BCUT2D eigenvalue weighted by molar-refractivity contribution is 6.35. The van der Waals surface area contributed by atoms with E-state index in [2.05, 4.69) is 10.4 Å². The van der Waals surface area contributed by atoms with Crippen LogP contribution >= 0.6 is 23.2 Å². The van der Waals surface area contributed by atoms with Gasteiger partial charge in [0, 0.05) is 27.4 Å². The molecular formula is C19H15Cl2N3O2. The summed E-state index contributed by atoms with van der Waals surface area (Å²) in [4.78, 5) is 24.3. The number of halogens is 2. The second kappa shape index (κ2) is 7.72. The van der Waals surface area contributed by atoms with Gasteiger partial charge in [-0.1, -0.05) is 53.0 Å². The molecule has 0 aliphatic rings. The Morgan fingerprint density at radius 2 is 1.69 bits per heavy atom. The van der Waals surface area contributed by atoms with E-state index in [0.29, 0.717) is 21.4 Å². The smallest absolute Gasteiger partial charge is 0.267 e. The lowest BCUT2D eigenvalue weighted by Gasteiger charge is -2.09. The van der Waals surface area contributed by atoms with Crippen LogP contribution in [0.2, 0.25) is 10.0 Å². The first kappa shape index (κ1) is 18.2. The lowest BCUT2D eigenvalue weighted by molar-refractivity contribution is -0.117. The molecule has 0 spiro atoms. The number of hydrogen-bond acceptors (Lipinski definition) is 3. The molecule has 0 fully saturated rings. The average molecular weight is 388 g/mol. The van der Waals surface area contributed by atoms with Crippen LogP contribution in [0.5, 0.6) is 0 Å². The lowest BCUT2D eigenvalue weighted by atomic mass is 10.1. The summed E-state index contributed by atoms with van der Waals surface area (Å²) in [5.74, 6) is -0.404. The quantitative estimate of drug-likeness (QED) is 0.730. The van der Waals surface area contributed by atoms with E-state index in [4.69, 9.17) is 23.2 Å². The van der Waals surface area contributed by atoms with E-state index in [-0.39, 0.29) is 12.1 Å². The van der Waals surface area contributed by atoms with Gasteiger partial charge in [0.25, 0.3) is 5.56 Å². The molecule has 0 saturated heterocycles. The Morgan fingerprint density at radius 3 is 2.35 bits per heavy atom. The Labute approximate surface area is 160 Å². The van der Waals surface area contributed by atoms with Crippen LogP contribution in [0.15, 0.2) is 59.4 Å². The summed E-state index contributed by atoms with van der Waals surface area (Å²) in [5.41, 5.74) is 2.70. The van der Waals surface area contributed by atoms with Gasteiger partial charge in [-0.05, 0) is 31.2 Å². The summed E-state index contributed by atoms with van der Waals surface area (Å²) < 4.78 is 1.12. The molecule has 3 rings (SSSR count). The SMILES string of the molecule is Cc1ccc(-c2ccc(=O)n(CC(=O)Nc3cc(Cl)cc(Cl)c3)n2)cc1. The topological polar surface area (TPSA) is 64.0 Å². The molecule has 1 amide bonds. The third-order valence-corrected chi connectivity index (χ3v) is 4.09. The molecule has 3 aromatic rings. The molecule has 26 heavy (non-hydrogen) atoms. The number of carbonyl (C=O) groups is 1. The van der Waals surface area contributed by atoms with Crippen molar-refractivity contribution >= 4 is 34.8 Å². The number of anilines is 1. The van der Waals surface area contributed by atoms with Gasteiger partial charge in [-0.2, -0.15) is 5.10 Å². The van der Waals surface area contributed by atoms with Crippen molar-refractivity contribution in [2.45, 2.75) is 13.5 Å². The lowest BCUT2D eigenvalue weighted by Crippen LogP contribution is -2.29. The predicted octanol–water partition coefficient (Wildman–Crippen LogP) is 4.16. The van der Waals surface area contributed by atoms with Crippen LogP contribution in [0.1, 0.15) is 5.56 Å². The zero-order chi connectivity index (χ0) is 18.7. The summed E-state index contributed by atoms with van der Waals surface area (Å²) in [6, 6.07) is 15.5. The summed E-state index contributed by atoms with van der Waals surface area (Å²) in [6.45, 7) is 1.77. The largest absolute Gasteiger partial charge is 0.324 e. The first-order chi connectivity index (χ1) is 12.4. The van der Waals surface area contributed by atoms with Gasteiger partial charge >= 0.3 is 0 Å². The van der Waals surface area contributed by atoms with Crippen molar-refractivity contribution in [3.05, 3.63) is 80.6 Å². The van der Waals surface area contributed by atoms with Crippen molar-refractivity contribution in [3.63, 3.8) is 0 Å². The van der Waals surface area contributed by atoms with Crippen LogP contribution in [-0.2, 0) is 11.3 Å². The van der Waals surface area contributed by atoms with Crippen LogP contribution in [0.4, 0.5) is 5.69 Å². The molecule has 0 saturated carbocycles. The normalized spacial score (nSPS) is 10.6. The van der Waals surface area contributed by atoms with Crippen LogP contribution in [0, 0.1) is 6.92 Å². The molecule has 5 nitrogen and oxygen atoms in total. The van der Waals surface area contributed by atoms with Gasteiger partial charge in [-0.3, -0.25) is 9.59 Å². The van der Waals surface area contributed by atoms with Gasteiger partial charge in [0.1, 0.15) is 6.54 Å². The van der Waals surface area contributed by atoms with E-state index in [1.807, 2.05) is 31.2 Å². The monoisotopic (exact) mass is 387 g/mol. The predicted molar refractivity (Wildman–Crippen MR) is 104 cm³/mol. The van der Waals surface area contributed by atoms with Gasteiger partial charge in [-0.25, -0.2) is 4.68 Å². The van der Waals surface area contributed by atoms with Crippen molar-refractivity contribution in [1.82, 2.24) is 9.78 Å². The second-order valence-electron chi connectivity index (χ2n) is 5.79. The van der Waals surface area contributed by atoms with Gasteiger partial charge in [0.15, 0.2) is 0 Å². The number of nitrogens with zero attached hydrogens (tertiary/aromatic N) is 2. The van der Waals surface area contributed by atoms with Crippen molar-refractivity contribution in [2.24, 2.45) is 0 Å². The highest BCUT2D eigenvalue weighted by atomic mass is 35.5. The third kappa shape index (κ3) is 4.50. The molecule has 0 radical (unpaired) electrons. The molecule has 0 bridgehead atoms. The summed E-state index contributed by atoms with van der Waals surface area (Å²) in [5, 5.41) is 7.75. The van der Waals surface area contributed by atoms with Gasteiger partial charge in [0.05, 0.1) is 5.69 Å². The number of amides is 1. The van der Waals surface area contributed by atoms with Gasteiger partial charge in [0.2, 0.25) is 5.91 Å². The number of hydrogen-bond donors (Lipinski definition) is 1. The molecular weight excluding hydrogens is 373 g/mol. The van der Waals surface area contributed by atoms with Crippen LogP contribution < -0.4 is 10.9 Å². The number of carbonyl (C=O) groups excluding carboxylic acids is 1. The molecule has 1 heterocycles.